The van der Waals surface area contributed by atoms with E-state index in [1.54, 1.807) is 0 Å². The summed E-state index contributed by atoms with van der Waals surface area (Å²) in [5.41, 5.74) is 6.99. The number of ether oxygens (including phenoxy) is 1. The van der Waals surface area contributed by atoms with E-state index < -0.39 is 0 Å². The summed E-state index contributed by atoms with van der Waals surface area (Å²) in [6.07, 6.45) is 3.66. The van der Waals surface area contributed by atoms with Crippen molar-refractivity contribution < 1.29 is 17.9 Å². The van der Waals surface area contributed by atoms with Crippen LogP contribution in [0.2, 0.25) is 0 Å². The van der Waals surface area contributed by atoms with E-state index in [2.05, 4.69) is 90.1 Å². The Hall–Kier alpha value is -1.16. The van der Waals surface area contributed by atoms with E-state index in [-0.39, 0.29) is 25.3 Å². The van der Waals surface area contributed by atoms with Crippen molar-refractivity contribution in [3.05, 3.63) is 59.7 Å². The molecule has 33 heavy (non-hydrogen) atoms. The molecule has 3 rings (SSSR count). The van der Waals surface area contributed by atoms with Gasteiger partial charge < -0.3 is 4.74 Å². The van der Waals surface area contributed by atoms with Crippen molar-refractivity contribution in [1.29, 1.82) is 0 Å². The number of hydrogen-bond acceptors (Lipinski definition) is 2. The summed E-state index contributed by atoms with van der Waals surface area (Å²) in [6, 6.07) is 16.9. The maximum absolute atomic E-state index is 5.16. The first-order chi connectivity index (χ1) is 15.8. The SMILES string of the molecule is CC(=Nc1ccccc1C(C)C)C1CCCC(C(C)=Nc2ccccc2C(C)C)[OH+]1.[Cl][Fe][Cl]. The molecular formula is C27H37Cl2FeN2O+. The van der Waals surface area contributed by atoms with Gasteiger partial charge in [0.05, 0.1) is 22.8 Å². The molecule has 1 aliphatic rings. The Morgan fingerprint density at radius 2 is 1.15 bits per heavy atom. The second kappa shape index (κ2) is 14.3. The zero-order valence-corrected chi connectivity index (χ0v) is 23.1. The number of rotatable bonds is 6. The minimum atomic E-state index is 0.175. The molecular weight excluding hydrogens is 495 g/mol. The van der Waals surface area contributed by atoms with Crippen LogP contribution in [0, 0.1) is 0 Å². The third-order valence-electron chi connectivity index (χ3n) is 5.99. The Labute approximate surface area is 214 Å². The summed E-state index contributed by atoms with van der Waals surface area (Å²) in [7, 11) is 9.53. The molecule has 2 atom stereocenters. The molecule has 1 N–H and O–H groups in total. The molecule has 1 saturated heterocycles. The molecule has 1 heterocycles. The van der Waals surface area contributed by atoms with Crippen molar-refractivity contribution in [3.8, 4) is 0 Å². The van der Waals surface area contributed by atoms with Gasteiger partial charge in [0.1, 0.15) is 0 Å². The van der Waals surface area contributed by atoms with E-state index in [4.69, 9.17) is 34.9 Å². The molecule has 0 amide bonds. The molecule has 0 spiro atoms. The van der Waals surface area contributed by atoms with Crippen LogP contribution in [0.1, 0.15) is 83.8 Å². The molecule has 0 radical (unpaired) electrons. The van der Waals surface area contributed by atoms with Crippen LogP contribution in [-0.2, 0) is 13.1 Å². The number of para-hydroxylation sites is 2. The monoisotopic (exact) mass is 531 g/mol. The Kier molecular flexibility index (Phi) is 12.2. The number of aliphatic hydroxyl groups is 2. The average Bonchev–Trinajstić information content (AvgIpc) is 2.80. The molecule has 3 nitrogen and oxygen atoms in total. The first kappa shape index (κ1) is 28.1. The average molecular weight is 532 g/mol. The van der Waals surface area contributed by atoms with E-state index in [1.807, 2.05) is 0 Å². The minimum absolute atomic E-state index is 0.175. The van der Waals surface area contributed by atoms with Crippen molar-refractivity contribution in [3.63, 3.8) is 0 Å². The Balaban J connectivity index is 0.00000122. The quantitative estimate of drug-likeness (QED) is 0.203. The van der Waals surface area contributed by atoms with Gasteiger partial charge in [0, 0.05) is 12.8 Å². The van der Waals surface area contributed by atoms with Gasteiger partial charge in [-0.25, -0.2) is 9.98 Å². The number of halogens is 2. The van der Waals surface area contributed by atoms with Crippen LogP contribution in [0.5, 0.6) is 0 Å². The predicted molar refractivity (Wildman–Crippen MR) is 142 cm³/mol. The molecule has 182 valence electrons. The number of benzene rings is 2. The van der Waals surface area contributed by atoms with Gasteiger partial charge >= 0.3 is 33.3 Å². The fourth-order valence-corrected chi connectivity index (χ4v) is 4.19. The summed E-state index contributed by atoms with van der Waals surface area (Å²) in [5, 5.41) is 0. The van der Waals surface area contributed by atoms with Crippen molar-refractivity contribution in [2.75, 3.05) is 0 Å². The van der Waals surface area contributed by atoms with E-state index in [0.29, 0.717) is 11.8 Å². The van der Waals surface area contributed by atoms with Crippen LogP contribution < -0.4 is 0 Å². The van der Waals surface area contributed by atoms with Gasteiger partial charge in [-0.1, -0.05) is 64.1 Å². The normalized spacial score (nSPS) is 19.6. The number of aliphatic imine (C=N–C) groups is 2. The number of nitrogens with zero attached hydrogens (tertiary/aromatic N) is 2. The van der Waals surface area contributed by atoms with Gasteiger partial charge in [-0.3, -0.25) is 0 Å². The van der Waals surface area contributed by atoms with Crippen LogP contribution in [0.3, 0.4) is 0 Å². The van der Waals surface area contributed by atoms with Crippen molar-refractivity contribution >= 4 is 43.0 Å². The zero-order chi connectivity index (χ0) is 24.4. The molecule has 2 aromatic carbocycles. The number of hydrogen-bond donors (Lipinski definition) is 0. The topological polar surface area (TPSA) is 37.5 Å². The van der Waals surface area contributed by atoms with Crippen LogP contribution >= 0.6 is 20.2 Å². The fourth-order valence-electron chi connectivity index (χ4n) is 4.19. The van der Waals surface area contributed by atoms with Crippen LogP contribution in [0.4, 0.5) is 11.4 Å². The third kappa shape index (κ3) is 8.53. The molecule has 0 bridgehead atoms. The van der Waals surface area contributed by atoms with E-state index in [1.165, 1.54) is 11.1 Å². The zero-order valence-electron chi connectivity index (χ0n) is 20.5. The van der Waals surface area contributed by atoms with Crippen LogP contribution in [-0.4, -0.2) is 28.4 Å². The molecule has 2 aromatic rings. The predicted octanol–water partition coefficient (Wildman–Crippen LogP) is 8.64. The van der Waals surface area contributed by atoms with E-state index in [9.17, 15) is 0 Å². The standard InChI is InChI=1S/C27H36N2O.2ClH.Fe/c1-18(2)22-12-7-9-14-24(22)28-20(5)26-16-11-17-27(30-26)21(6)29-25-15-10-8-13-23(25)19(3)4;;;/h7-10,12-15,18-19,26-27H,11,16-17H2,1-6H3;2*1H;/q;;;+2/p-1. The Morgan fingerprint density at radius 1 is 0.788 bits per heavy atom. The summed E-state index contributed by atoms with van der Waals surface area (Å²) in [6.45, 7) is 13.2. The first-order valence-corrected chi connectivity index (χ1v) is 14.7. The summed E-state index contributed by atoms with van der Waals surface area (Å²) >= 11 is 0.194. The van der Waals surface area contributed by atoms with Gasteiger partial charge in [-0.05, 0) is 55.4 Å². The first-order valence-electron chi connectivity index (χ1n) is 11.6. The molecule has 0 aliphatic carbocycles. The summed E-state index contributed by atoms with van der Waals surface area (Å²) in [5.74, 6) is 0.924. The maximum atomic E-state index is 5.16. The second-order valence-electron chi connectivity index (χ2n) is 9.10. The van der Waals surface area contributed by atoms with Crippen LogP contribution in [0.15, 0.2) is 58.5 Å². The van der Waals surface area contributed by atoms with Crippen molar-refractivity contribution in [1.82, 2.24) is 0 Å². The summed E-state index contributed by atoms with van der Waals surface area (Å²) < 4.78 is 5.16. The van der Waals surface area contributed by atoms with Crippen molar-refractivity contribution in [2.45, 2.75) is 84.8 Å². The molecule has 0 aromatic heterocycles. The molecule has 6 heteroatoms. The van der Waals surface area contributed by atoms with Gasteiger partial charge in [0.2, 0.25) is 0 Å². The molecule has 1 fully saturated rings. The second-order valence-corrected chi connectivity index (χ2v) is 10.9. The van der Waals surface area contributed by atoms with Crippen LogP contribution in [0.25, 0.3) is 0 Å². The van der Waals surface area contributed by atoms with Crippen molar-refractivity contribution in [2.24, 2.45) is 9.98 Å². The van der Waals surface area contributed by atoms with E-state index >= 15 is 0 Å². The van der Waals surface area contributed by atoms with Gasteiger partial charge in [-0.2, -0.15) is 0 Å². The molecule has 1 aliphatic heterocycles. The fraction of sp³-hybridized carbons (Fsp3) is 0.481. The van der Waals surface area contributed by atoms with E-state index in [0.717, 1.165) is 42.1 Å². The molecule has 2 unspecified atom stereocenters. The van der Waals surface area contributed by atoms with Gasteiger partial charge in [0.15, 0.2) is 12.2 Å². The Bertz CT molecular complexity index is 870. The van der Waals surface area contributed by atoms with Gasteiger partial charge in [-0.15, -0.1) is 0 Å². The molecule has 0 saturated carbocycles. The Morgan fingerprint density at radius 3 is 1.52 bits per heavy atom. The summed E-state index contributed by atoms with van der Waals surface area (Å²) in [4.78, 5) is 10.0. The van der Waals surface area contributed by atoms with Gasteiger partial charge in [0.25, 0.3) is 0 Å². The third-order valence-corrected chi connectivity index (χ3v) is 5.99.